The molecule has 6 aromatic rings. The van der Waals surface area contributed by atoms with Gasteiger partial charge >= 0.3 is 0 Å². The van der Waals surface area contributed by atoms with E-state index in [2.05, 4.69) is 96.0 Å². The zero-order chi connectivity index (χ0) is 52.1. The summed E-state index contributed by atoms with van der Waals surface area (Å²) in [7, 11) is 0. The van der Waals surface area contributed by atoms with E-state index in [0.717, 1.165) is 0 Å². The van der Waals surface area contributed by atoms with Crippen LogP contribution >= 0.6 is 0 Å². The Morgan fingerprint density at radius 3 is 0.753 bits per heavy atom. The van der Waals surface area contributed by atoms with Crippen molar-refractivity contribution in [3.8, 4) is 34.2 Å². The van der Waals surface area contributed by atoms with E-state index in [0.29, 0.717) is 113 Å². The van der Waals surface area contributed by atoms with Gasteiger partial charge in [0.15, 0.2) is 5.78 Å². The smallest absolute Gasteiger partial charge is 0.251 e. The Bertz CT molecular complexity index is 2430. The third-order valence-electron chi connectivity index (χ3n) is 9.59. The number of nitrogens with zero attached hydrogens (tertiary/aromatic N) is 6. The van der Waals surface area contributed by atoms with E-state index >= 15 is 0 Å². The van der Waals surface area contributed by atoms with Gasteiger partial charge in [-0.25, -0.2) is 0 Å². The quantitative estimate of drug-likeness (QED) is 0.0259. The van der Waals surface area contributed by atoms with Gasteiger partial charge in [0, 0.05) is 129 Å². The number of pyridine rings is 6. The first kappa shape index (κ1) is 58.3. The summed E-state index contributed by atoms with van der Waals surface area (Å²) < 4.78 is 0. The van der Waals surface area contributed by atoms with Crippen LogP contribution in [-0.2, 0) is 19.5 Å². The Morgan fingerprint density at radius 1 is 0.342 bits per heavy atom. The van der Waals surface area contributed by atoms with E-state index < -0.39 is 0 Å². The average molecular weight is 1070 g/mol. The SMILES string of the molecule is C=CCCC(=O)c1ccnc(-c2cc(C(=O)NCC=C)ccn2)c1.C=CCNC(=O)c1ccnc(-c2cc(C(=O)NCC=C)ccn2)c1.C=CCNC(=O)c1ccnc(-c2cc(C(=O)NCC=C)ccn2)c1.[Ru]. The van der Waals surface area contributed by atoms with Gasteiger partial charge < -0.3 is 26.6 Å². The van der Waals surface area contributed by atoms with Gasteiger partial charge in [-0.3, -0.25) is 58.7 Å². The number of aromatic nitrogens is 6. The largest absolute Gasteiger partial charge is 0.349 e. The van der Waals surface area contributed by atoms with Crippen LogP contribution in [0.1, 0.15) is 75.0 Å². The molecule has 6 heterocycles. The number of hydrogen-bond acceptors (Lipinski definition) is 12. The van der Waals surface area contributed by atoms with Crippen LogP contribution in [0.25, 0.3) is 34.2 Å². The summed E-state index contributed by atoms with van der Waals surface area (Å²) in [5.74, 6) is -1.08. The van der Waals surface area contributed by atoms with Gasteiger partial charge in [-0.1, -0.05) is 36.5 Å². The van der Waals surface area contributed by atoms with Crippen LogP contribution in [0.2, 0.25) is 0 Å². The molecule has 5 amide bonds. The minimum Gasteiger partial charge on any atom is -0.349 e. The number of nitrogens with one attached hydrogen (secondary N) is 5. The van der Waals surface area contributed by atoms with E-state index in [1.54, 1.807) is 122 Å². The van der Waals surface area contributed by atoms with Crippen LogP contribution in [0.5, 0.6) is 0 Å². The summed E-state index contributed by atoms with van der Waals surface area (Å²) in [5.41, 5.74) is 6.05. The van der Waals surface area contributed by atoms with E-state index in [1.165, 1.54) is 24.8 Å². The molecule has 73 heavy (non-hydrogen) atoms. The number of ketones is 1. The molecule has 0 atom stereocenters. The molecule has 0 saturated carbocycles. The van der Waals surface area contributed by atoms with Crippen LogP contribution in [0, 0.1) is 0 Å². The van der Waals surface area contributed by atoms with Gasteiger partial charge in [0.05, 0.1) is 34.2 Å². The van der Waals surface area contributed by atoms with Crippen molar-refractivity contribution < 1.29 is 48.2 Å². The first-order valence-electron chi connectivity index (χ1n) is 22.3. The third kappa shape index (κ3) is 19.0. The molecule has 0 unspecified atom stereocenters. The second-order valence-electron chi connectivity index (χ2n) is 14.8. The molecule has 0 saturated heterocycles. The number of carbonyl (C=O) groups is 6. The first-order valence-corrected chi connectivity index (χ1v) is 22.3. The van der Waals surface area contributed by atoms with Gasteiger partial charge in [-0.15, -0.1) is 39.5 Å². The number of rotatable bonds is 22. The van der Waals surface area contributed by atoms with Crippen molar-refractivity contribution >= 4 is 35.3 Å². The molecule has 0 bridgehead atoms. The minimum atomic E-state index is -0.224. The maximum Gasteiger partial charge on any atom is 0.251 e. The molecule has 6 rings (SSSR count). The topological polar surface area (TPSA) is 240 Å². The fourth-order valence-corrected chi connectivity index (χ4v) is 6.02. The predicted octanol–water partition coefficient (Wildman–Crippen LogP) is 7.16. The molecule has 0 aliphatic rings. The fourth-order valence-electron chi connectivity index (χ4n) is 6.02. The molecular formula is C55H55N11O6Ru. The minimum absolute atomic E-state index is 0. The monoisotopic (exact) mass is 1070 g/mol. The van der Waals surface area contributed by atoms with Gasteiger partial charge in [0.25, 0.3) is 29.5 Å². The summed E-state index contributed by atoms with van der Waals surface area (Å²) in [6.07, 6.45) is 20.0. The summed E-state index contributed by atoms with van der Waals surface area (Å²) >= 11 is 0. The van der Waals surface area contributed by atoms with Crippen molar-refractivity contribution in [1.29, 1.82) is 0 Å². The molecule has 17 nitrogen and oxygen atoms in total. The van der Waals surface area contributed by atoms with Crippen molar-refractivity contribution in [3.05, 3.63) is 219 Å². The van der Waals surface area contributed by atoms with E-state index in [1.807, 2.05) is 0 Å². The number of amides is 5. The molecule has 0 radical (unpaired) electrons. The maximum atomic E-state index is 12.1. The zero-order valence-electron chi connectivity index (χ0n) is 40.0. The molecule has 5 N–H and O–H groups in total. The Balaban J connectivity index is 0.000000287. The fraction of sp³-hybridized carbons (Fsp3) is 0.127. The number of allylic oxidation sites excluding steroid dienone is 1. The second kappa shape index (κ2) is 32.0. The third-order valence-corrected chi connectivity index (χ3v) is 9.59. The molecular weight excluding hydrogens is 1010 g/mol. The van der Waals surface area contributed by atoms with Crippen molar-refractivity contribution in [2.45, 2.75) is 12.8 Å². The molecule has 0 spiro atoms. The number of Topliss-reactive ketones (excluding diaryl/α,β-unsaturated/α-hetero) is 1. The normalized spacial score (nSPS) is 9.75. The van der Waals surface area contributed by atoms with Crippen molar-refractivity contribution in [2.24, 2.45) is 0 Å². The predicted molar refractivity (Wildman–Crippen MR) is 279 cm³/mol. The van der Waals surface area contributed by atoms with Gasteiger partial charge in [0.2, 0.25) is 0 Å². The van der Waals surface area contributed by atoms with Gasteiger partial charge in [0.1, 0.15) is 0 Å². The molecule has 18 heteroatoms. The summed E-state index contributed by atoms with van der Waals surface area (Å²) in [6, 6.07) is 19.6. The molecule has 6 aromatic heterocycles. The number of carbonyl (C=O) groups excluding carboxylic acids is 6. The molecule has 374 valence electrons. The second-order valence-corrected chi connectivity index (χ2v) is 14.8. The van der Waals surface area contributed by atoms with Crippen LogP contribution in [0.15, 0.2) is 186 Å². The summed E-state index contributed by atoms with van der Waals surface area (Å²) in [6.45, 7) is 23.3. The van der Waals surface area contributed by atoms with Crippen molar-refractivity contribution in [1.82, 2.24) is 56.5 Å². The van der Waals surface area contributed by atoms with Crippen molar-refractivity contribution in [3.63, 3.8) is 0 Å². The molecule has 0 aliphatic carbocycles. The van der Waals surface area contributed by atoms with Crippen LogP contribution in [-0.4, -0.2) is 97.9 Å². The number of hydrogen-bond donors (Lipinski definition) is 5. The van der Waals surface area contributed by atoms with E-state index in [4.69, 9.17) is 0 Å². The molecule has 0 fully saturated rings. The molecule has 0 aromatic carbocycles. The average Bonchev–Trinajstić information content (AvgIpc) is 3.43. The Morgan fingerprint density at radius 2 is 0.548 bits per heavy atom. The standard InChI is InChI=1S/C19H19N3O2.2C18H18N4O2.Ru/c1-3-5-6-18(23)14-7-10-20-16(12-14)17-13-15(8-11-21-17)19(24)22-9-4-2;2*1-3-7-21-17(23)13-5-9-19-15(11-13)16-12-14(6-10-20-16)18(24)22-8-4-2;/h3-4,7-8,10-13H,1-2,5-6,9H2,(H,22,24);2*3-6,9-12H,1-2,7-8H2,(H,21,23)(H,22,24);. The Kier molecular flexibility index (Phi) is 25.5. The van der Waals surface area contributed by atoms with Crippen LogP contribution in [0.3, 0.4) is 0 Å². The molecule has 0 aliphatic heterocycles. The van der Waals surface area contributed by atoms with Gasteiger partial charge in [-0.05, 0) is 79.2 Å². The van der Waals surface area contributed by atoms with Gasteiger partial charge in [-0.2, -0.15) is 0 Å². The zero-order valence-corrected chi connectivity index (χ0v) is 41.8. The maximum absolute atomic E-state index is 12.1. The first-order chi connectivity index (χ1) is 35.0. The Hall–Kier alpha value is -9.02. The van der Waals surface area contributed by atoms with Crippen molar-refractivity contribution in [2.75, 3.05) is 32.7 Å². The van der Waals surface area contributed by atoms with E-state index in [9.17, 15) is 28.8 Å². The Labute approximate surface area is 437 Å². The van der Waals surface area contributed by atoms with Crippen LogP contribution < -0.4 is 26.6 Å². The summed E-state index contributed by atoms with van der Waals surface area (Å²) in [5, 5.41) is 13.5. The van der Waals surface area contributed by atoms with E-state index in [-0.39, 0.29) is 54.8 Å². The summed E-state index contributed by atoms with van der Waals surface area (Å²) in [4.78, 5) is 97.5. The van der Waals surface area contributed by atoms with Crippen LogP contribution in [0.4, 0.5) is 0 Å².